The maximum absolute atomic E-state index is 13.1. The van der Waals surface area contributed by atoms with Crippen molar-refractivity contribution in [2.24, 2.45) is 0 Å². The molecule has 1 atom stereocenters. The number of anilines is 1. The summed E-state index contributed by atoms with van der Waals surface area (Å²) in [5.74, 6) is 1.01. The first-order valence-electron chi connectivity index (χ1n) is 9.15. The number of nitrogens with zero attached hydrogens (tertiary/aromatic N) is 2. The fourth-order valence-electron chi connectivity index (χ4n) is 3.67. The van der Waals surface area contributed by atoms with Gasteiger partial charge >= 0.3 is 6.03 Å². The first-order chi connectivity index (χ1) is 13.0. The molecule has 0 radical (unpaired) electrons. The third-order valence-electron chi connectivity index (χ3n) is 5.05. The molecule has 0 saturated carbocycles. The minimum Gasteiger partial charge on any atom is -0.495 e. The number of hydrogen-bond donors (Lipinski definition) is 1. The highest BCUT2D eigenvalue weighted by atomic mass is 35.5. The monoisotopic (exact) mass is 391 g/mol. The van der Waals surface area contributed by atoms with Crippen molar-refractivity contribution in [1.82, 2.24) is 9.47 Å². The molecule has 0 aliphatic carbocycles. The summed E-state index contributed by atoms with van der Waals surface area (Å²) in [5.41, 5.74) is 2.95. The number of rotatable bonds is 5. The van der Waals surface area contributed by atoms with E-state index in [2.05, 4.69) is 35.9 Å². The largest absolute Gasteiger partial charge is 0.495 e. The highest BCUT2D eigenvalue weighted by Gasteiger charge is 2.31. The number of benzene rings is 1. The molecule has 3 rings (SSSR count). The molecule has 27 heavy (non-hydrogen) atoms. The van der Waals surface area contributed by atoms with Crippen molar-refractivity contribution in [3.8, 4) is 11.5 Å². The van der Waals surface area contributed by atoms with E-state index < -0.39 is 0 Å². The highest BCUT2D eigenvalue weighted by Crippen LogP contribution is 2.37. The van der Waals surface area contributed by atoms with Crippen molar-refractivity contribution in [2.75, 3.05) is 26.1 Å². The van der Waals surface area contributed by atoms with Crippen molar-refractivity contribution < 1.29 is 14.3 Å². The standard InChI is InChI=1S/C20H26ClN3O3/c1-5-6-16-17-8-7-13(2)23(17)9-10-24(16)20(25)22-15-11-14(21)18(26-3)12-19(15)27-4/h7-8,11-12,16H,5-6,9-10H2,1-4H3,(H,22,25)/t16-/m0/s1. The van der Waals surface area contributed by atoms with Gasteiger partial charge in [-0.3, -0.25) is 0 Å². The number of methoxy groups -OCH3 is 2. The van der Waals surface area contributed by atoms with Gasteiger partial charge in [-0.1, -0.05) is 24.9 Å². The number of hydrogen-bond acceptors (Lipinski definition) is 3. The molecule has 0 spiro atoms. The third-order valence-corrected chi connectivity index (χ3v) is 5.35. The van der Waals surface area contributed by atoms with Crippen molar-refractivity contribution >= 4 is 23.3 Å². The Bertz CT molecular complexity index is 834. The number of urea groups is 1. The first kappa shape index (κ1) is 19.4. The van der Waals surface area contributed by atoms with Crippen LogP contribution < -0.4 is 14.8 Å². The van der Waals surface area contributed by atoms with E-state index in [-0.39, 0.29) is 12.1 Å². The van der Waals surface area contributed by atoms with Crippen molar-refractivity contribution in [2.45, 2.75) is 39.3 Å². The summed E-state index contributed by atoms with van der Waals surface area (Å²) in [7, 11) is 3.09. The molecule has 2 aromatic rings. The number of aryl methyl sites for hydroxylation is 1. The molecule has 0 bridgehead atoms. The van der Waals surface area contributed by atoms with Gasteiger partial charge in [0.2, 0.25) is 0 Å². The zero-order chi connectivity index (χ0) is 19.6. The predicted octanol–water partition coefficient (Wildman–Crippen LogP) is 4.86. The van der Waals surface area contributed by atoms with E-state index >= 15 is 0 Å². The summed E-state index contributed by atoms with van der Waals surface area (Å²) in [4.78, 5) is 15.0. The fraction of sp³-hybridized carbons (Fsp3) is 0.450. The van der Waals surface area contributed by atoms with Gasteiger partial charge in [0, 0.05) is 30.5 Å². The average molecular weight is 392 g/mol. The minimum atomic E-state index is -0.155. The second-order valence-electron chi connectivity index (χ2n) is 6.67. The van der Waals surface area contributed by atoms with Crippen LogP contribution in [0, 0.1) is 6.92 Å². The van der Waals surface area contributed by atoms with Gasteiger partial charge < -0.3 is 24.3 Å². The predicted molar refractivity (Wildman–Crippen MR) is 107 cm³/mol. The van der Waals surface area contributed by atoms with Crippen LogP contribution in [0.3, 0.4) is 0 Å². The van der Waals surface area contributed by atoms with Crippen LogP contribution in [0.15, 0.2) is 24.3 Å². The average Bonchev–Trinajstić information content (AvgIpc) is 3.04. The summed E-state index contributed by atoms with van der Waals surface area (Å²) in [6, 6.07) is 7.47. The van der Waals surface area contributed by atoms with Gasteiger partial charge in [0.05, 0.1) is 31.0 Å². The van der Waals surface area contributed by atoms with E-state index in [1.165, 1.54) is 11.4 Å². The topological polar surface area (TPSA) is 55.7 Å². The molecule has 0 unspecified atom stereocenters. The minimum absolute atomic E-state index is 0.0529. The summed E-state index contributed by atoms with van der Waals surface area (Å²) in [6.07, 6.45) is 1.91. The number of nitrogens with one attached hydrogen (secondary N) is 1. The summed E-state index contributed by atoms with van der Waals surface area (Å²) < 4.78 is 12.9. The van der Waals surface area contributed by atoms with Crippen molar-refractivity contribution in [1.29, 1.82) is 0 Å². The Morgan fingerprint density at radius 1 is 1.22 bits per heavy atom. The van der Waals surface area contributed by atoms with E-state index in [0.717, 1.165) is 19.4 Å². The molecule has 7 heteroatoms. The smallest absolute Gasteiger partial charge is 0.322 e. The molecule has 0 fully saturated rings. The lowest BCUT2D eigenvalue weighted by Gasteiger charge is -2.37. The molecule has 1 aliphatic heterocycles. The molecule has 1 N–H and O–H groups in total. The molecule has 6 nitrogen and oxygen atoms in total. The molecule has 2 heterocycles. The van der Waals surface area contributed by atoms with Crippen LogP contribution in [0.2, 0.25) is 5.02 Å². The van der Waals surface area contributed by atoms with Crippen LogP contribution in [0.4, 0.5) is 10.5 Å². The Kier molecular flexibility index (Phi) is 5.85. The van der Waals surface area contributed by atoms with Crippen LogP contribution in [0.5, 0.6) is 11.5 Å². The summed E-state index contributed by atoms with van der Waals surface area (Å²) in [5, 5.41) is 3.38. The van der Waals surface area contributed by atoms with E-state index in [0.29, 0.717) is 28.8 Å². The number of carbonyl (C=O) groups is 1. The van der Waals surface area contributed by atoms with Gasteiger partial charge in [-0.15, -0.1) is 0 Å². The van der Waals surface area contributed by atoms with Gasteiger partial charge in [0.25, 0.3) is 0 Å². The third kappa shape index (κ3) is 3.72. The SMILES string of the molecule is CCC[C@H]1c2ccc(C)n2CCN1C(=O)Nc1cc(Cl)c(OC)cc1OC. The van der Waals surface area contributed by atoms with Gasteiger partial charge in [-0.25, -0.2) is 4.79 Å². The quantitative estimate of drug-likeness (QED) is 0.792. The maximum atomic E-state index is 13.1. The Balaban J connectivity index is 1.86. The van der Waals surface area contributed by atoms with Gasteiger partial charge in [0.1, 0.15) is 11.5 Å². The second-order valence-corrected chi connectivity index (χ2v) is 7.07. The Morgan fingerprint density at radius 3 is 2.63 bits per heavy atom. The zero-order valence-electron chi connectivity index (χ0n) is 16.2. The van der Waals surface area contributed by atoms with Crippen LogP contribution in [-0.2, 0) is 6.54 Å². The number of amides is 2. The lowest BCUT2D eigenvalue weighted by Crippen LogP contribution is -2.44. The molecule has 1 aliphatic rings. The Morgan fingerprint density at radius 2 is 1.96 bits per heavy atom. The lowest BCUT2D eigenvalue weighted by atomic mass is 10.0. The number of ether oxygens (including phenoxy) is 2. The zero-order valence-corrected chi connectivity index (χ0v) is 17.0. The summed E-state index contributed by atoms with van der Waals surface area (Å²) in [6.45, 7) is 5.69. The van der Waals surface area contributed by atoms with Gasteiger partial charge in [0.15, 0.2) is 0 Å². The van der Waals surface area contributed by atoms with Crippen LogP contribution in [0.25, 0.3) is 0 Å². The van der Waals surface area contributed by atoms with Crippen molar-refractivity contribution in [3.63, 3.8) is 0 Å². The first-order valence-corrected chi connectivity index (χ1v) is 9.53. The van der Waals surface area contributed by atoms with Crippen LogP contribution >= 0.6 is 11.6 Å². The van der Waals surface area contributed by atoms with Gasteiger partial charge in [-0.2, -0.15) is 0 Å². The molecule has 1 aromatic heterocycles. The van der Waals surface area contributed by atoms with E-state index in [1.807, 2.05) is 4.90 Å². The van der Waals surface area contributed by atoms with E-state index in [4.69, 9.17) is 21.1 Å². The fourth-order valence-corrected chi connectivity index (χ4v) is 3.92. The number of fused-ring (bicyclic) bond motifs is 1. The van der Waals surface area contributed by atoms with E-state index in [9.17, 15) is 4.79 Å². The molecular formula is C20H26ClN3O3. The second kappa shape index (κ2) is 8.13. The molecule has 2 amide bonds. The summed E-state index contributed by atoms with van der Waals surface area (Å²) >= 11 is 6.23. The Hall–Kier alpha value is -2.34. The van der Waals surface area contributed by atoms with Crippen LogP contribution in [0.1, 0.15) is 37.2 Å². The lowest BCUT2D eigenvalue weighted by molar-refractivity contribution is 0.162. The van der Waals surface area contributed by atoms with Crippen molar-refractivity contribution in [3.05, 3.63) is 40.7 Å². The maximum Gasteiger partial charge on any atom is 0.322 e. The van der Waals surface area contributed by atoms with E-state index in [1.54, 1.807) is 26.4 Å². The molecule has 0 saturated heterocycles. The molecule has 1 aromatic carbocycles. The Labute approximate surface area is 165 Å². The normalized spacial score (nSPS) is 16.0. The molecular weight excluding hydrogens is 366 g/mol. The van der Waals surface area contributed by atoms with Gasteiger partial charge in [-0.05, 0) is 31.5 Å². The molecule has 146 valence electrons. The number of aromatic nitrogens is 1. The van der Waals surface area contributed by atoms with Crippen LogP contribution in [-0.4, -0.2) is 36.3 Å². The number of halogens is 1. The highest BCUT2D eigenvalue weighted by molar-refractivity contribution is 6.32. The number of carbonyl (C=O) groups excluding carboxylic acids is 1.